The van der Waals surface area contributed by atoms with E-state index in [-0.39, 0.29) is 16.9 Å². The van der Waals surface area contributed by atoms with Crippen molar-refractivity contribution in [3.63, 3.8) is 0 Å². The molecule has 0 aliphatic carbocycles. The molecule has 0 fully saturated rings. The summed E-state index contributed by atoms with van der Waals surface area (Å²) in [5, 5.41) is 9.89. The fraction of sp³-hybridized carbons (Fsp3) is 0.0417. The van der Waals surface area contributed by atoms with Crippen LogP contribution in [0.3, 0.4) is 0 Å². The van der Waals surface area contributed by atoms with Crippen LogP contribution in [-0.4, -0.2) is 16.9 Å². The highest BCUT2D eigenvalue weighted by molar-refractivity contribution is 7.80. The lowest BCUT2D eigenvalue weighted by molar-refractivity contribution is 0.0980. The minimum Gasteiger partial charge on any atom is -0.332 e. The van der Waals surface area contributed by atoms with Crippen LogP contribution in [0.4, 0.5) is 11.4 Å². The predicted octanol–water partition coefficient (Wildman–Crippen LogP) is 6.24. The standard InChI is InChI=1S/C24H18ClN3O2S2/c1-14-5-4-6-15(13-14)22(29)26-16-9-11-17(12-10-16)27-24(31)28-23(30)21-20(25)18-7-2-3-8-19(18)32-21/h2-13H,1H3,(H,26,29)(H2,27,28,30,31). The molecular formula is C24H18ClN3O2S2. The lowest BCUT2D eigenvalue weighted by Crippen LogP contribution is -2.33. The van der Waals surface area contributed by atoms with Crippen molar-refractivity contribution in [2.45, 2.75) is 6.92 Å². The van der Waals surface area contributed by atoms with E-state index in [1.54, 1.807) is 30.3 Å². The number of amides is 2. The van der Waals surface area contributed by atoms with Gasteiger partial charge in [-0.1, -0.05) is 47.5 Å². The third kappa shape index (κ3) is 4.96. The monoisotopic (exact) mass is 479 g/mol. The van der Waals surface area contributed by atoms with Crippen LogP contribution in [0.15, 0.2) is 72.8 Å². The number of nitrogens with one attached hydrogen (secondary N) is 3. The number of benzene rings is 3. The van der Waals surface area contributed by atoms with Gasteiger partial charge in [-0.2, -0.15) is 0 Å². The van der Waals surface area contributed by atoms with Crippen molar-refractivity contribution in [1.82, 2.24) is 5.32 Å². The van der Waals surface area contributed by atoms with Crippen LogP contribution in [0.2, 0.25) is 5.02 Å². The van der Waals surface area contributed by atoms with Crippen LogP contribution in [-0.2, 0) is 0 Å². The molecule has 0 bridgehead atoms. The highest BCUT2D eigenvalue weighted by Crippen LogP contribution is 2.35. The molecule has 0 aliphatic heterocycles. The molecule has 0 spiro atoms. The Morgan fingerprint density at radius 3 is 2.25 bits per heavy atom. The largest absolute Gasteiger partial charge is 0.332 e. The minimum absolute atomic E-state index is 0.153. The van der Waals surface area contributed by atoms with E-state index in [0.29, 0.717) is 26.8 Å². The lowest BCUT2D eigenvalue weighted by atomic mass is 10.1. The SMILES string of the molecule is Cc1cccc(C(=O)Nc2ccc(NC(=S)NC(=O)c3sc4ccccc4c3Cl)cc2)c1. The second-order valence-electron chi connectivity index (χ2n) is 7.05. The molecule has 5 nitrogen and oxygen atoms in total. The van der Waals surface area contributed by atoms with E-state index >= 15 is 0 Å². The molecule has 8 heteroatoms. The first kappa shape index (κ1) is 22.0. The van der Waals surface area contributed by atoms with Gasteiger partial charge in [0.05, 0.1) is 5.02 Å². The Hall–Kier alpha value is -3.26. The van der Waals surface area contributed by atoms with E-state index in [0.717, 1.165) is 15.6 Å². The normalized spacial score (nSPS) is 10.6. The number of hydrogen-bond acceptors (Lipinski definition) is 4. The van der Waals surface area contributed by atoms with Crippen molar-refractivity contribution in [1.29, 1.82) is 0 Å². The maximum Gasteiger partial charge on any atom is 0.269 e. The minimum atomic E-state index is -0.365. The quantitative estimate of drug-likeness (QED) is 0.303. The van der Waals surface area contributed by atoms with Gasteiger partial charge in [0.25, 0.3) is 11.8 Å². The third-order valence-corrected chi connectivity index (χ3v) is 6.53. The average molecular weight is 480 g/mol. The average Bonchev–Trinajstić information content (AvgIpc) is 3.12. The Morgan fingerprint density at radius 2 is 1.56 bits per heavy atom. The second kappa shape index (κ2) is 9.48. The molecule has 1 aromatic heterocycles. The van der Waals surface area contributed by atoms with Crippen LogP contribution in [0.1, 0.15) is 25.6 Å². The van der Waals surface area contributed by atoms with Crippen molar-refractivity contribution >= 4 is 73.5 Å². The Balaban J connectivity index is 1.36. The fourth-order valence-corrected chi connectivity index (χ4v) is 4.73. The zero-order chi connectivity index (χ0) is 22.7. The summed E-state index contributed by atoms with van der Waals surface area (Å²) in [7, 11) is 0. The molecule has 3 aromatic carbocycles. The van der Waals surface area contributed by atoms with Gasteiger partial charge in [0.2, 0.25) is 0 Å². The Kier molecular flexibility index (Phi) is 6.50. The summed E-state index contributed by atoms with van der Waals surface area (Å²) >= 11 is 12.9. The lowest BCUT2D eigenvalue weighted by Gasteiger charge is -2.10. The molecule has 3 N–H and O–H groups in total. The van der Waals surface area contributed by atoms with E-state index in [1.807, 2.05) is 49.4 Å². The second-order valence-corrected chi connectivity index (χ2v) is 8.89. The summed E-state index contributed by atoms with van der Waals surface area (Å²) < 4.78 is 0.935. The molecule has 4 aromatic rings. The first-order chi connectivity index (χ1) is 15.4. The zero-order valence-electron chi connectivity index (χ0n) is 16.9. The molecule has 2 amide bonds. The van der Waals surface area contributed by atoms with Gasteiger partial charge in [-0.15, -0.1) is 11.3 Å². The van der Waals surface area contributed by atoms with Gasteiger partial charge < -0.3 is 10.6 Å². The molecule has 4 rings (SSSR count). The maximum absolute atomic E-state index is 12.6. The van der Waals surface area contributed by atoms with Crippen LogP contribution in [0.25, 0.3) is 10.1 Å². The van der Waals surface area contributed by atoms with Gasteiger partial charge in [0, 0.05) is 27.0 Å². The number of thiocarbonyl (C=S) groups is 1. The summed E-state index contributed by atoms with van der Waals surface area (Å²) in [5.41, 5.74) is 2.93. The molecule has 0 saturated carbocycles. The zero-order valence-corrected chi connectivity index (χ0v) is 19.3. The van der Waals surface area contributed by atoms with E-state index in [1.165, 1.54) is 11.3 Å². The van der Waals surface area contributed by atoms with Crippen LogP contribution < -0.4 is 16.0 Å². The predicted molar refractivity (Wildman–Crippen MR) is 136 cm³/mol. The number of rotatable bonds is 4. The van der Waals surface area contributed by atoms with E-state index in [2.05, 4.69) is 16.0 Å². The molecule has 1 heterocycles. The molecule has 0 aliphatic rings. The van der Waals surface area contributed by atoms with Crippen molar-refractivity contribution < 1.29 is 9.59 Å². The van der Waals surface area contributed by atoms with E-state index in [9.17, 15) is 9.59 Å². The van der Waals surface area contributed by atoms with Gasteiger partial charge in [-0.3, -0.25) is 14.9 Å². The summed E-state index contributed by atoms with van der Waals surface area (Å²) in [5.74, 6) is -0.548. The van der Waals surface area contributed by atoms with Crippen molar-refractivity contribution in [3.8, 4) is 0 Å². The van der Waals surface area contributed by atoms with E-state index in [4.69, 9.17) is 23.8 Å². The van der Waals surface area contributed by atoms with Gasteiger partial charge in [-0.25, -0.2) is 0 Å². The summed E-state index contributed by atoms with van der Waals surface area (Å²) in [6, 6.07) is 22.0. The van der Waals surface area contributed by atoms with Gasteiger partial charge >= 0.3 is 0 Å². The van der Waals surface area contributed by atoms with Crippen LogP contribution >= 0.6 is 35.2 Å². The third-order valence-electron chi connectivity index (χ3n) is 4.65. The number of carbonyl (C=O) groups is 2. The molecule has 32 heavy (non-hydrogen) atoms. The number of aryl methyl sites for hydroxylation is 1. The molecule has 0 radical (unpaired) electrons. The van der Waals surface area contributed by atoms with Crippen LogP contribution in [0, 0.1) is 6.92 Å². The Bertz CT molecular complexity index is 1330. The molecule has 0 saturated heterocycles. The fourth-order valence-electron chi connectivity index (χ4n) is 3.11. The highest BCUT2D eigenvalue weighted by Gasteiger charge is 2.18. The summed E-state index contributed by atoms with van der Waals surface area (Å²) in [6.07, 6.45) is 0. The number of anilines is 2. The smallest absolute Gasteiger partial charge is 0.269 e. The maximum atomic E-state index is 12.6. The number of carbonyl (C=O) groups excluding carboxylic acids is 2. The van der Waals surface area contributed by atoms with Crippen LogP contribution in [0.5, 0.6) is 0 Å². The summed E-state index contributed by atoms with van der Waals surface area (Å²) in [6.45, 7) is 1.94. The Labute approximate surface area is 199 Å². The molecule has 0 unspecified atom stereocenters. The Morgan fingerprint density at radius 1 is 0.875 bits per heavy atom. The molecular weight excluding hydrogens is 462 g/mol. The number of thiophene rings is 1. The van der Waals surface area contributed by atoms with Crippen molar-refractivity contribution in [3.05, 3.63) is 93.8 Å². The number of halogens is 1. The first-order valence-corrected chi connectivity index (χ1v) is 11.3. The molecule has 160 valence electrons. The van der Waals surface area contributed by atoms with Gasteiger partial charge in [0.1, 0.15) is 4.88 Å². The topological polar surface area (TPSA) is 70.2 Å². The number of fused-ring (bicyclic) bond motifs is 1. The van der Waals surface area contributed by atoms with Crippen molar-refractivity contribution in [2.24, 2.45) is 0 Å². The first-order valence-electron chi connectivity index (χ1n) is 9.68. The van der Waals surface area contributed by atoms with Crippen molar-refractivity contribution in [2.75, 3.05) is 10.6 Å². The van der Waals surface area contributed by atoms with E-state index < -0.39 is 0 Å². The number of hydrogen-bond donors (Lipinski definition) is 3. The van der Waals surface area contributed by atoms with Gasteiger partial charge in [-0.05, 0) is 61.6 Å². The van der Waals surface area contributed by atoms with Gasteiger partial charge in [0.15, 0.2) is 5.11 Å². The highest BCUT2D eigenvalue weighted by atomic mass is 35.5. The molecule has 0 atom stereocenters. The summed E-state index contributed by atoms with van der Waals surface area (Å²) in [4.78, 5) is 25.4.